The van der Waals surface area contributed by atoms with Crippen LogP contribution in [0.4, 0.5) is 0 Å². The van der Waals surface area contributed by atoms with Crippen LogP contribution in [-0.2, 0) is 0 Å². The zero-order valence-electron chi connectivity index (χ0n) is 12.7. The fraction of sp³-hybridized carbons (Fsp3) is 0.333. The molecule has 3 nitrogen and oxygen atoms in total. The van der Waals surface area contributed by atoms with E-state index in [1.54, 1.807) is 0 Å². The third kappa shape index (κ3) is 1.73. The second kappa shape index (κ2) is 4.42. The molecule has 0 spiro atoms. The van der Waals surface area contributed by atoms with Gasteiger partial charge in [0.25, 0.3) is 0 Å². The molecule has 0 fully saturated rings. The Labute approximate surface area is 125 Å². The molecule has 3 aliphatic rings. The van der Waals surface area contributed by atoms with Gasteiger partial charge in [-0.25, -0.2) is 0 Å². The fourth-order valence-corrected chi connectivity index (χ4v) is 3.50. The monoisotopic (exact) mass is 280 g/mol. The van der Waals surface area contributed by atoms with E-state index in [2.05, 4.69) is 73.4 Å². The number of hydrogen-bond acceptors (Lipinski definition) is 3. The van der Waals surface area contributed by atoms with Crippen molar-refractivity contribution in [1.82, 2.24) is 9.80 Å². The van der Waals surface area contributed by atoms with Crippen molar-refractivity contribution in [3.8, 4) is 5.75 Å². The molecule has 3 unspecified atom stereocenters. The number of benzene rings is 1. The van der Waals surface area contributed by atoms with E-state index in [9.17, 15) is 0 Å². The van der Waals surface area contributed by atoms with Crippen LogP contribution in [-0.4, -0.2) is 35.2 Å². The lowest BCUT2D eigenvalue weighted by molar-refractivity contribution is 0.104. The first kappa shape index (κ1) is 12.6. The van der Waals surface area contributed by atoms with E-state index in [-0.39, 0.29) is 12.1 Å². The van der Waals surface area contributed by atoms with Gasteiger partial charge in [0.2, 0.25) is 0 Å². The minimum Gasteiger partial charge on any atom is -0.483 e. The Kier molecular flexibility index (Phi) is 2.64. The number of allylic oxidation sites excluding steroid dienone is 2. The first-order chi connectivity index (χ1) is 10.2. The van der Waals surface area contributed by atoms with Crippen molar-refractivity contribution < 1.29 is 4.74 Å². The molecule has 1 aliphatic carbocycles. The van der Waals surface area contributed by atoms with Gasteiger partial charge in [-0.2, -0.15) is 0 Å². The Morgan fingerprint density at radius 3 is 2.67 bits per heavy atom. The van der Waals surface area contributed by atoms with E-state index in [0.717, 1.165) is 5.75 Å². The molecule has 0 saturated carbocycles. The minimum atomic E-state index is 0.0889. The van der Waals surface area contributed by atoms with Crippen LogP contribution in [0.2, 0.25) is 0 Å². The van der Waals surface area contributed by atoms with Crippen LogP contribution in [0.25, 0.3) is 5.57 Å². The summed E-state index contributed by atoms with van der Waals surface area (Å²) in [6, 6.07) is 8.60. The van der Waals surface area contributed by atoms with Gasteiger partial charge in [0.1, 0.15) is 11.9 Å². The van der Waals surface area contributed by atoms with Crippen LogP contribution in [0.1, 0.15) is 19.4 Å². The molecule has 2 heterocycles. The number of fused-ring (bicyclic) bond motifs is 3. The fourth-order valence-electron chi connectivity index (χ4n) is 3.50. The Bertz CT molecular complexity index is 674. The minimum absolute atomic E-state index is 0.0889. The van der Waals surface area contributed by atoms with Crippen molar-refractivity contribution in [3.63, 3.8) is 0 Å². The first-order valence-corrected chi connectivity index (χ1v) is 7.49. The number of nitrogens with zero attached hydrogens (tertiary/aromatic N) is 2. The first-order valence-electron chi connectivity index (χ1n) is 7.49. The Balaban J connectivity index is 1.74. The molecule has 21 heavy (non-hydrogen) atoms. The van der Waals surface area contributed by atoms with Gasteiger partial charge < -0.3 is 14.5 Å². The average molecular weight is 280 g/mol. The van der Waals surface area contributed by atoms with Crippen LogP contribution < -0.4 is 4.74 Å². The molecule has 0 aromatic heterocycles. The molecular weight excluding hydrogens is 260 g/mol. The third-order valence-corrected chi connectivity index (χ3v) is 4.85. The van der Waals surface area contributed by atoms with E-state index < -0.39 is 0 Å². The smallest absolute Gasteiger partial charge is 0.149 e. The third-order valence-electron chi connectivity index (χ3n) is 4.85. The standard InChI is InChI=1S/C18H20N2O/c1-12-8-9-15-14-6-4-5-7-16(14)21-18(15)17(12)20-11-10-19(3)13(20)2/h4-11,13,17-18H,1-3H3. The highest BCUT2D eigenvalue weighted by Gasteiger charge is 2.42. The quantitative estimate of drug-likeness (QED) is 0.785. The summed E-state index contributed by atoms with van der Waals surface area (Å²) < 4.78 is 6.29. The van der Waals surface area contributed by atoms with Gasteiger partial charge in [-0.1, -0.05) is 30.4 Å². The van der Waals surface area contributed by atoms with Gasteiger partial charge in [-0.15, -0.1) is 0 Å². The van der Waals surface area contributed by atoms with Gasteiger partial charge in [-0.05, 0) is 25.5 Å². The van der Waals surface area contributed by atoms with Gasteiger partial charge in [0, 0.05) is 30.6 Å². The summed E-state index contributed by atoms with van der Waals surface area (Å²) in [6.45, 7) is 4.43. The van der Waals surface area contributed by atoms with Crippen molar-refractivity contribution in [1.29, 1.82) is 0 Å². The van der Waals surface area contributed by atoms with Gasteiger partial charge in [-0.3, -0.25) is 0 Å². The number of rotatable bonds is 1. The van der Waals surface area contributed by atoms with E-state index in [0.29, 0.717) is 6.17 Å². The maximum Gasteiger partial charge on any atom is 0.149 e. The zero-order chi connectivity index (χ0) is 14.6. The lowest BCUT2D eigenvalue weighted by Crippen LogP contribution is -2.49. The Hall–Kier alpha value is -2.16. The molecular formula is C18H20N2O. The van der Waals surface area contributed by atoms with Crippen molar-refractivity contribution in [2.45, 2.75) is 32.2 Å². The van der Waals surface area contributed by atoms with Crippen molar-refractivity contribution in [2.75, 3.05) is 7.05 Å². The van der Waals surface area contributed by atoms with E-state index in [1.165, 1.54) is 16.7 Å². The molecule has 4 rings (SSSR count). The molecule has 3 atom stereocenters. The second-order valence-electron chi connectivity index (χ2n) is 6.05. The van der Waals surface area contributed by atoms with Crippen molar-refractivity contribution >= 4 is 5.57 Å². The molecule has 0 N–H and O–H groups in total. The van der Waals surface area contributed by atoms with Crippen LogP contribution in [0.15, 0.2) is 54.4 Å². The van der Waals surface area contributed by atoms with E-state index in [1.807, 2.05) is 6.07 Å². The molecule has 3 heteroatoms. The highest BCUT2D eigenvalue weighted by atomic mass is 16.5. The summed E-state index contributed by atoms with van der Waals surface area (Å²) in [7, 11) is 2.12. The predicted octanol–water partition coefficient (Wildman–Crippen LogP) is 3.22. The summed E-state index contributed by atoms with van der Waals surface area (Å²) >= 11 is 0. The van der Waals surface area contributed by atoms with Crippen LogP contribution in [0.3, 0.4) is 0 Å². The van der Waals surface area contributed by atoms with Crippen molar-refractivity contribution in [2.24, 2.45) is 0 Å². The molecule has 0 amide bonds. The lowest BCUT2D eigenvalue weighted by atomic mass is 9.88. The predicted molar refractivity (Wildman–Crippen MR) is 84.6 cm³/mol. The molecule has 0 saturated heterocycles. The largest absolute Gasteiger partial charge is 0.483 e. The van der Waals surface area contributed by atoms with Crippen LogP contribution in [0, 0.1) is 0 Å². The Morgan fingerprint density at radius 2 is 1.90 bits per heavy atom. The molecule has 0 bridgehead atoms. The second-order valence-corrected chi connectivity index (χ2v) is 6.05. The SMILES string of the molecule is CC1=CC=C2c3ccccc3OC2C1N1C=CN(C)C1C. The topological polar surface area (TPSA) is 15.7 Å². The number of para-hydroxylation sites is 1. The highest BCUT2D eigenvalue weighted by molar-refractivity contribution is 5.80. The van der Waals surface area contributed by atoms with E-state index in [4.69, 9.17) is 4.74 Å². The maximum atomic E-state index is 6.29. The normalized spacial score (nSPS) is 29.8. The van der Waals surface area contributed by atoms with Crippen LogP contribution >= 0.6 is 0 Å². The Morgan fingerprint density at radius 1 is 1.10 bits per heavy atom. The molecule has 108 valence electrons. The van der Waals surface area contributed by atoms with Crippen LogP contribution in [0.5, 0.6) is 5.75 Å². The zero-order valence-corrected chi connectivity index (χ0v) is 12.7. The summed E-state index contributed by atoms with van der Waals surface area (Å²) in [5, 5.41) is 0. The summed E-state index contributed by atoms with van der Waals surface area (Å²) in [4.78, 5) is 4.63. The number of ether oxygens (including phenoxy) is 1. The molecule has 1 aromatic carbocycles. The molecule has 0 radical (unpaired) electrons. The highest BCUT2D eigenvalue weighted by Crippen LogP contribution is 2.43. The number of hydrogen-bond donors (Lipinski definition) is 0. The molecule has 1 aromatic rings. The van der Waals surface area contributed by atoms with Gasteiger partial charge in [0.05, 0.1) is 12.2 Å². The van der Waals surface area contributed by atoms with Crippen molar-refractivity contribution in [3.05, 3.63) is 60.0 Å². The summed E-state index contributed by atoms with van der Waals surface area (Å²) in [6.07, 6.45) is 9.22. The summed E-state index contributed by atoms with van der Waals surface area (Å²) in [5.74, 6) is 1.01. The van der Waals surface area contributed by atoms with Gasteiger partial charge >= 0.3 is 0 Å². The van der Waals surface area contributed by atoms with Gasteiger partial charge in [0.15, 0.2) is 0 Å². The summed E-state index contributed by atoms with van der Waals surface area (Å²) in [5.41, 5.74) is 3.89. The average Bonchev–Trinajstić information content (AvgIpc) is 3.01. The maximum absolute atomic E-state index is 6.29. The lowest BCUT2D eigenvalue weighted by Gasteiger charge is -2.39. The molecule has 2 aliphatic heterocycles. The van der Waals surface area contributed by atoms with E-state index >= 15 is 0 Å².